The van der Waals surface area contributed by atoms with Crippen molar-refractivity contribution in [3.63, 3.8) is 0 Å². The lowest BCUT2D eigenvalue weighted by molar-refractivity contribution is -0.136. The Kier molecular flexibility index (Phi) is 4.28. The Morgan fingerprint density at radius 1 is 1.56 bits per heavy atom. The summed E-state index contributed by atoms with van der Waals surface area (Å²) in [5.41, 5.74) is -1.35. The molecule has 0 spiro atoms. The molecule has 1 N–H and O–H groups in total. The molecular weight excluding hydrogens is 291 g/mol. The van der Waals surface area contributed by atoms with Gasteiger partial charge in [0.25, 0.3) is 6.43 Å². The summed E-state index contributed by atoms with van der Waals surface area (Å²) in [7, 11) is 0. The Labute approximate surface area is 97.4 Å². The van der Waals surface area contributed by atoms with Crippen molar-refractivity contribution >= 4 is 21.9 Å². The van der Waals surface area contributed by atoms with Crippen molar-refractivity contribution in [2.75, 3.05) is 0 Å². The Hall–Kier alpha value is -1.11. The monoisotopic (exact) mass is 297 g/mol. The molecule has 0 aliphatic heterocycles. The summed E-state index contributed by atoms with van der Waals surface area (Å²) in [6.07, 6.45) is -2.77. The first kappa shape index (κ1) is 13.0. The van der Waals surface area contributed by atoms with Gasteiger partial charge in [-0.3, -0.25) is 9.78 Å². The van der Waals surface area contributed by atoms with Crippen molar-refractivity contribution in [1.82, 2.24) is 4.98 Å². The van der Waals surface area contributed by atoms with Crippen LogP contribution in [0.1, 0.15) is 23.2 Å². The van der Waals surface area contributed by atoms with Crippen LogP contribution in [0.3, 0.4) is 0 Å². The molecule has 0 aliphatic rings. The first-order valence-corrected chi connectivity index (χ1v) is 5.31. The lowest BCUT2D eigenvalue weighted by atomic mass is 10.1. The van der Waals surface area contributed by atoms with Gasteiger partial charge in [-0.25, -0.2) is 13.2 Å². The van der Waals surface area contributed by atoms with Gasteiger partial charge in [0.1, 0.15) is 0 Å². The van der Waals surface area contributed by atoms with Crippen molar-refractivity contribution in [3.05, 3.63) is 28.8 Å². The topological polar surface area (TPSA) is 50.2 Å². The lowest BCUT2D eigenvalue weighted by Gasteiger charge is -2.09. The van der Waals surface area contributed by atoms with Crippen LogP contribution >= 0.6 is 15.9 Å². The Balaban J connectivity index is 3.28. The molecule has 0 amide bonds. The number of hydrogen-bond donors (Lipinski definition) is 1. The second kappa shape index (κ2) is 5.29. The number of carboxylic acid groups (broad SMARTS) is 1. The van der Waals surface area contributed by atoms with Gasteiger partial charge < -0.3 is 5.11 Å². The molecule has 1 aromatic rings. The third kappa shape index (κ3) is 2.72. The standard InChI is InChI=1S/C9H7BrF3NO2/c10-2-5-8(11)7(9(12)13)4(3-14-5)1-6(15)16/h3,9H,1-2H2,(H,15,16). The lowest BCUT2D eigenvalue weighted by Crippen LogP contribution is -2.09. The van der Waals surface area contributed by atoms with E-state index in [2.05, 4.69) is 20.9 Å². The average Bonchev–Trinajstić information content (AvgIpc) is 2.16. The number of nitrogens with zero attached hydrogens (tertiary/aromatic N) is 1. The number of pyridine rings is 1. The van der Waals surface area contributed by atoms with E-state index in [1.54, 1.807) is 0 Å². The smallest absolute Gasteiger partial charge is 0.307 e. The molecule has 1 rings (SSSR count). The van der Waals surface area contributed by atoms with Crippen LogP contribution in [0, 0.1) is 5.82 Å². The number of carbonyl (C=O) groups is 1. The third-order valence-corrected chi connectivity index (χ3v) is 2.43. The second-order valence-electron chi connectivity index (χ2n) is 2.96. The average molecular weight is 298 g/mol. The number of rotatable bonds is 4. The van der Waals surface area contributed by atoms with Gasteiger partial charge in [-0.15, -0.1) is 0 Å². The van der Waals surface area contributed by atoms with E-state index in [9.17, 15) is 18.0 Å². The number of aromatic nitrogens is 1. The van der Waals surface area contributed by atoms with Crippen molar-refractivity contribution < 1.29 is 23.1 Å². The molecule has 88 valence electrons. The number of alkyl halides is 3. The van der Waals surface area contributed by atoms with E-state index in [0.29, 0.717) is 0 Å². The van der Waals surface area contributed by atoms with Crippen molar-refractivity contribution in [3.8, 4) is 0 Å². The molecule has 0 atom stereocenters. The molecule has 1 heterocycles. The summed E-state index contributed by atoms with van der Waals surface area (Å²) in [5.74, 6) is -2.46. The van der Waals surface area contributed by atoms with E-state index in [1.165, 1.54) is 0 Å². The van der Waals surface area contributed by atoms with Crippen LogP contribution < -0.4 is 0 Å². The van der Waals surface area contributed by atoms with Crippen molar-refractivity contribution in [1.29, 1.82) is 0 Å². The van der Waals surface area contributed by atoms with Gasteiger partial charge in [0.2, 0.25) is 0 Å². The van der Waals surface area contributed by atoms with Crippen LogP contribution in [0.2, 0.25) is 0 Å². The Morgan fingerprint density at radius 3 is 2.62 bits per heavy atom. The van der Waals surface area contributed by atoms with E-state index < -0.39 is 30.2 Å². The molecule has 1 aromatic heterocycles. The van der Waals surface area contributed by atoms with E-state index in [4.69, 9.17) is 5.11 Å². The van der Waals surface area contributed by atoms with E-state index in [1.807, 2.05) is 0 Å². The minimum absolute atomic E-state index is 0.00803. The highest BCUT2D eigenvalue weighted by Crippen LogP contribution is 2.28. The largest absolute Gasteiger partial charge is 0.481 e. The highest BCUT2D eigenvalue weighted by molar-refractivity contribution is 9.08. The molecular formula is C9H7BrF3NO2. The Morgan fingerprint density at radius 2 is 2.19 bits per heavy atom. The molecule has 0 aromatic carbocycles. The summed E-state index contributed by atoms with van der Waals surface area (Å²) in [6.45, 7) is 0. The fraction of sp³-hybridized carbons (Fsp3) is 0.333. The number of aliphatic carboxylic acids is 1. The third-order valence-electron chi connectivity index (χ3n) is 1.90. The zero-order chi connectivity index (χ0) is 12.3. The molecule has 0 unspecified atom stereocenters. The number of halogens is 4. The molecule has 0 radical (unpaired) electrons. The molecule has 7 heteroatoms. The summed E-state index contributed by atoms with van der Waals surface area (Å²) >= 11 is 2.90. The summed E-state index contributed by atoms with van der Waals surface area (Å²) in [4.78, 5) is 14.0. The predicted molar refractivity (Wildman–Crippen MR) is 53.1 cm³/mol. The fourth-order valence-corrected chi connectivity index (χ4v) is 1.60. The minimum Gasteiger partial charge on any atom is -0.481 e. The van der Waals surface area contributed by atoms with Gasteiger partial charge in [0.05, 0.1) is 17.7 Å². The van der Waals surface area contributed by atoms with Gasteiger partial charge >= 0.3 is 5.97 Å². The zero-order valence-electron chi connectivity index (χ0n) is 7.88. The second-order valence-corrected chi connectivity index (χ2v) is 3.52. The van der Waals surface area contributed by atoms with E-state index >= 15 is 0 Å². The number of hydrogen-bond acceptors (Lipinski definition) is 2. The number of carboxylic acids is 1. The molecule has 0 fully saturated rings. The van der Waals surface area contributed by atoms with Crippen molar-refractivity contribution in [2.24, 2.45) is 0 Å². The molecule has 16 heavy (non-hydrogen) atoms. The molecule has 0 aliphatic carbocycles. The summed E-state index contributed by atoms with van der Waals surface area (Å²) in [6, 6.07) is 0. The van der Waals surface area contributed by atoms with E-state index in [-0.39, 0.29) is 16.6 Å². The molecule has 0 bridgehead atoms. The van der Waals surface area contributed by atoms with Gasteiger partial charge in [0, 0.05) is 11.5 Å². The molecule has 0 saturated carbocycles. The predicted octanol–water partition coefficient (Wildman–Crippen LogP) is 2.68. The minimum atomic E-state index is -3.06. The fourth-order valence-electron chi connectivity index (χ4n) is 1.21. The van der Waals surface area contributed by atoms with Crippen LogP contribution in [0.4, 0.5) is 13.2 Å². The normalized spacial score (nSPS) is 10.8. The van der Waals surface area contributed by atoms with Crippen LogP contribution in [-0.2, 0) is 16.5 Å². The molecule has 3 nitrogen and oxygen atoms in total. The Bertz CT molecular complexity index is 412. The van der Waals surface area contributed by atoms with Gasteiger partial charge in [0.15, 0.2) is 5.82 Å². The zero-order valence-corrected chi connectivity index (χ0v) is 9.47. The van der Waals surface area contributed by atoms with Gasteiger partial charge in [-0.1, -0.05) is 15.9 Å². The molecule has 0 saturated heterocycles. The van der Waals surface area contributed by atoms with Crippen LogP contribution in [0.5, 0.6) is 0 Å². The quantitative estimate of drug-likeness (QED) is 0.869. The van der Waals surface area contributed by atoms with Crippen molar-refractivity contribution in [2.45, 2.75) is 18.2 Å². The maximum atomic E-state index is 13.5. The summed E-state index contributed by atoms with van der Waals surface area (Å²) < 4.78 is 38.6. The van der Waals surface area contributed by atoms with Gasteiger partial charge in [-0.2, -0.15) is 0 Å². The highest BCUT2D eigenvalue weighted by Gasteiger charge is 2.22. The van der Waals surface area contributed by atoms with E-state index in [0.717, 1.165) is 6.20 Å². The first-order chi connectivity index (χ1) is 7.47. The maximum absolute atomic E-state index is 13.5. The maximum Gasteiger partial charge on any atom is 0.307 e. The first-order valence-electron chi connectivity index (χ1n) is 4.19. The van der Waals surface area contributed by atoms with Gasteiger partial charge in [-0.05, 0) is 5.56 Å². The van der Waals surface area contributed by atoms with Crippen LogP contribution in [0.15, 0.2) is 6.20 Å². The van der Waals surface area contributed by atoms with Crippen LogP contribution in [0.25, 0.3) is 0 Å². The SMILES string of the molecule is O=C(O)Cc1cnc(CBr)c(F)c1C(F)F. The van der Waals surface area contributed by atoms with Crippen LogP contribution in [-0.4, -0.2) is 16.1 Å². The highest BCUT2D eigenvalue weighted by atomic mass is 79.9. The summed E-state index contributed by atoms with van der Waals surface area (Å²) in [5, 5.41) is 8.48.